The predicted octanol–water partition coefficient (Wildman–Crippen LogP) is 4.46. The van der Waals surface area contributed by atoms with Crippen molar-refractivity contribution in [1.29, 1.82) is 0 Å². The quantitative estimate of drug-likeness (QED) is 0.280. The van der Waals surface area contributed by atoms with Crippen molar-refractivity contribution in [2.24, 2.45) is 0 Å². The van der Waals surface area contributed by atoms with E-state index in [9.17, 15) is 19.7 Å². The number of nitrogens with zero attached hydrogens (tertiary/aromatic N) is 2. The summed E-state index contributed by atoms with van der Waals surface area (Å²) >= 11 is 0. The molecule has 9 nitrogen and oxygen atoms in total. The van der Waals surface area contributed by atoms with E-state index in [1.165, 1.54) is 30.2 Å². The van der Waals surface area contributed by atoms with Crippen LogP contribution in [-0.4, -0.2) is 47.4 Å². The fourth-order valence-electron chi connectivity index (χ4n) is 4.07. The molecule has 3 aromatic rings. The summed E-state index contributed by atoms with van der Waals surface area (Å²) in [4.78, 5) is 39.2. The third kappa shape index (κ3) is 7.80. The van der Waals surface area contributed by atoms with Crippen LogP contribution in [0.3, 0.4) is 0 Å². The highest BCUT2D eigenvalue weighted by Gasteiger charge is 2.31. The minimum atomic E-state index is -0.789. The van der Waals surface area contributed by atoms with Crippen molar-refractivity contribution in [2.45, 2.75) is 45.8 Å². The van der Waals surface area contributed by atoms with Crippen LogP contribution < -0.4 is 14.8 Å². The Hall–Kier alpha value is -4.40. The van der Waals surface area contributed by atoms with Crippen LogP contribution in [-0.2, 0) is 22.6 Å². The molecule has 0 aliphatic carbocycles. The van der Waals surface area contributed by atoms with E-state index < -0.39 is 16.9 Å². The fourth-order valence-corrected chi connectivity index (χ4v) is 4.07. The highest BCUT2D eigenvalue weighted by atomic mass is 16.6. The van der Waals surface area contributed by atoms with E-state index in [-0.39, 0.29) is 42.3 Å². The average molecular weight is 520 g/mol. The Labute approximate surface area is 222 Å². The topological polar surface area (TPSA) is 111 Å². The molecule has 0 bridgehead atoms. The molecular weight excluding hydrogens is 486 g/mol. The Morgan fingerprint density at radius 3 is 2.34 bits per heavy atom. The first kappa shape index (κ1) is 28.2. The Balaban J connectivity index is 1.91. The summed E-state index contributed by atoms with van der Waals surface area (Å²) in [6.07, 6.45) is 0.322. The van der Waals surface area contributed by atoms with Crippen LogP contribution >= 0.6 is 0 Å². The van der Waals surface area contributed by atoms with E-state index in [2.05, 4.69) is 5.32 Å². The SMILES string of the molecule is COc1cc(OCC(=O)N(Cc2cccc(C)c2)[C@@H](Cc2ccccc2)C(=O)NC(C)C)ccc1[N+](=O)[O-]. The van der Waals surface area contributed by atoms with Gasteiger partial charge in [0, 0.05) is 31.1 Å². The number of aryl methyl sites for hydroxylation is 1. The first-order chi connectivity index (χ1) is 18.2. The Kier molecular flexibility index (Phi) is 9.81. The normalized spacial score (nSPS) is 11.5. The van der Waals surface area contributed by atoms with Gasteiger partial charge < -0.3 is 19.7 Å². The van der Waals surface area contributed by atoms with E-state index >= 15 is 0 Å². The molecule has 9 heteroatoms. The molecule has 0 heterocycles. The second-order valence-corrected chi connectivity index (χ2v) is 9.26. The van der Waals surface area contributed by atoms with E-state index in [4.69, 9.17) is 9.47 Å². The van der Waals surface area contributed by atoms with Crippen molar-refractivity contribution in [3.05, 3.63) is 99.6 Å². The number of methoxy groups -OCH3 is 1. The molecule has 0 saturated heterocycles. The lowest BCUT2D eigenvalue weighted by atomic mass is 10.0. The zero-order valence-electron chi connectivity index (χ0n) is 22.0. The number of carbonyl (C=O) groups excluding carboxylic acids is 2. The van der Waals surface area contributed by atoms with Crippen molar-refractivity contribution in [2.75, 3.05) is 13.7 Å². The van der Waals surface area contributed by atoms with Crippen LogP contribution in [0.4, 0.5) is 5.69 Å². The second kappa shape index (κ2) is 13.2. The number of hydrogen-bond acceptors (Lipinski definition) is 6. The molecule has 0 aromatic heterocycles. The molecule has 0 aliphatic rings. The van der Waals surface area contributed by atoms with Gasteiger partial charge in [0.15, 0.2) is 6.61 Å². The monoisotopic (exact) mass is 519 g/mol. The van der Waals surface area contributed by atoms with Crippen molar-refractivity contribution in [3.8, 4) is 11.5 Å². The molecule has 0 aliphatic heterocycles. The van der Waals surface area contributed by atoms with E-state index in [1.54, 1.807) is 0 Å². The number of rotatable bonds is 12. The second-order valence-electron chi connectivity index (χ2n) is 9.26. The van der Waals surface area contributed by atoms with Crippen molar-refractivity contribution in [1.82, 2.24) is 10.2 Å². The van der Waals surface area contributed by atoms with Gasteiger partial charge in [0.1, 0.15) is 11.8 Å². The largest absolute Gasteiger partial charge is 0.490 e. The van der Waals surface area contributed by atoms with Gasteiger partial charge in [0.25, 0.3) is 5.91 Å². The van der Waals surface area contributed by atoms with E-state index in [1.807, 2.05) is 75.4 Å². The van der Waals surface area contributed by atoms with Gasteiger partial charge in [0.2, 0.25) is 11.7 Å². The number of nitro groups is 1. The third-order valence-electron chi connectivity index (χ3n) is 5.85. The summed E-state index contributed by atoms with van der Waals surface area (Å²) in [5, 5.41) is 14.1. The maximum atomic E-state index is 13.6. The molecule has 0 saturated carbocycles. The molecule has 3 aromatic carbocycles. The number of nitro benzene ring substituents is 1. The highest BCUT2D eigenvalue weighted by Crippen LogP contribution is 2.30. The summed E-state index contributed by atoms with van der Waals surface area (Å²) in [7, 11) is 1.32. The van der Waals surface area contributed by atoms with Crippen LogP contribution in [0.5, 0.6) is 11.5 Å². The minimum Gasteiger partial charge on any atom is -0.490 e. The number of carbonyl (C=O) groups is 2. The molecule has 2 amide bonds. The third-order valence-corrected chi connectivity index (χ3v) is 5.85. The number of ether oxygens (including phenoxy) is 2. The fraction of sp³-hybridized carbons (Fsp3) is 0.310. The molecule has 38 heavy (non-hydrogen) atoms. The van der Waals surface area contributed by atoms with Crippen LogP contribution in [0.15, 0.2) is 72.8 Å². The maximum Gasteiger partial charge on any atom is 0.311 e. The van der Waals surface area contributed by atoms with E-state index in [0.717, 1.165) is 16.7 Å². The molecule has 0 fully saturated rings. The Morgan fingerprint density at radius 2 is 1.71 bits per heavy atom. The van der Waals surface area contributed by atoms with Gasteiger partial charge in [-0.05, 0) is 38.0 Å². The van der Waals surface area contributed by atoms with Gasteiger partial charge >= 0.3 is 5.69 Å². The zero-order valence-corrected chi connectivity index (χ0v) is 22.0. The molecule has 200 valence electrons. The van der Waals surface area contributed by atoms with Crippen molar-refractivity contribution < 1.29 is 24.0 Å². The van der Waals surface area contributed by atoms with Crippen molar-refractivity contribution in [3.63, 3.8) is 0 Å². The summed E-state index contributed by atoms with van der Waals surface area (Å²) in [5.74, 6) is -0.400. The molecule has 3 rings (SSSR count). The van der Waals surface area contributed by atoms with Crippen LogP contribution in [0.2, 0.25) is 0 Å². The molecule has 0 unspecified atom stereocenters. The summed E-state index contributed by atoms with van der Waals surface area (Å²) in [6, 6.07) is 20.4. The number of hydrogen-bond donors (Lipinski definition) is 1. The van der Waals surface area contributed by atoms with Crippen LogP contribution in [0.25, 0.3) is 0 Å². The van der Waals surface area contributed by atoms with Gasteiger partial charge in [-0.1, -0.05) is 60.2 Å². The van der Waals surface area contributed by atoms with E-state index in [0.29, 0.717) is 6.42 Å². The lowest BCUT2D eigenvalue weighted by molar-refractivity contribution is -0.385. The first-order valence-electron chi connectivity index (χ1n) is 12.3. The highest BCUT2D eigenvalue weighted by molar-refractivity contribution is 5.88. The average Bonchev–Trinajstić information content (AvgIpc) is 2.89. The summed E-state index contributed by atoms with van der Waals surface area (Å²) in [6.45, 7) is 5.54. The maximum absolute atomic E-state index is 13.6. The molecule has 0 radical (unpaired) electrons. The lowest BCUT2D eigenvalue weighted by Gasteiger charge is -2.32. The number of amides is 2. The smallest absolute Gasteiger partial charge is 0.311 e. The lowest BCUT2D eigenvalue weighted by Crippen LogP contribution is -2.52. The summed E-state index contributed by atoms with van der Waals surface area (Å²) < 4.78 is 10.8. The number of benzene rings is 3. The van der Waals surface area contributed by atoms with Gasteiger partial charge in [-0.25, -0.2) is 0 Å². The van der Waals surface area contributed by atoms with Gasteiger partial charge in [-0.3, -0.25) is 19.7 Å². The van der Waals surface area contributed by atoms with Crippen molar-refractivity contribution >= 4 is 17.5 Å². The van der Waals surface area contributed by atoms with Gasteiger partial charge in [-0.2, -0.15) is 0 Å². The molecular formula is C29H33N3O6. The van der Waals surface area contributed by atoms with Crippen LogP contribution in [0, 0.1) is 17.0 Å². The summed E-state index contributed by atoms with van der Waals surface area (Å²) in [5.41, 5.74) is 2.63. The van der Waals surface area contributed by atoms with Crippen LogP contribution in [0.1, 0.15) is 30.5 Å². The number of nitrogens with one attached hydrogen (secondary N) is 1. The van der Waals surface area contributed by atoms with Gasteiger partial charge in [-0.15, -0.1) is 0 Å². The Morgan fingerprint density at radius 1 is 1.00 bits per heavy atom. The molecule has 1 atom stereocenters. The van der Waals surface area contributed by atoms with Gasteiger partial charge in [0.05, 0.1) is 12.0 Å². The molecule has 1 N–H and O–H groups in total. The first-order valence-corrected chi connectivity index (χ1v) is 12.3. The zero-order chi connectivity index (χ0) is 27.7. The predicted molar refractivity (Wildman–Crippen MR) is 144 cm³/mol. The standard InChI is InChI=1S/C29H33N3O6/c1-20(2)30-29(34)26(16-22-10-6-5-7-11-22)31(18-23-12-8-9-21(3)15-23)28(33)19-38-24-13-14-25(32(35)36)27(17-24)37-4/h5-15,17,20,26H,16,18-19H2,1-4H3,(H,30,34)/t26-/m0/s1. The minimum absolute atomic E-state index is 0.0230. The molecule has 0 spiro atoms. The Bertz CT molecular complexity index is 1260.